The van der Waals surface area contributed by atoms with Crippen LogP contribution >= 0.6 is 0 Å². The zero-order valence-electron chi connectivity index (χ0n) is 14.8. The fraction of sp³-hybridized carbons (Fsp3) is 0.450. The Morgan fingerprint density at radius 1 is 1.08 bits per heavy atom. The summed E-state index contributed by atoms with van der Waals surface area (Å²) in [5, 5.41) is 6.18. The Bertz CT molecular complexity index is 742. The molecule has 0 unspecified atom stereocenters. The molecule has 2 N–H and O–H groups in total. The number of ether oxygens (including phenoxy) is 1. The summed E-state index contributed by atoms with van der Waals surface area (Å²) >= 11 is 0. The highest BCUT2D eigenvalue weighted by molar-refractivity contribution is 5.93. The zero-order valence-corrected chi connectivity index (χ0v) is 14.8. The first-order chi connectivity index (χ1) is 12.7. The van der Waals surface area contributed by atoms with Gasteiger partial charge in [-0.05, 0) is 31.4 Å². The van der Waals surface area contributed by atoms with Crippen molar-refractivity contribution < 1.29 is 9.53 Å². The van der Waals surface area contributed by atoms with E-state index in [4.69, 9.17) is 4.74 Å². The van der Waals surface area contributed by atoms with Gasteiger partial charge in [-0.2, -0.15) is 0 Å². The number of nitrogens with one attached hydrogen (secondary N) is 2. The number of hydrogen-bond acceptors (Lipinski definition) is 5. The van der Waals surface area contributed by atoms with Gasteiger partial charge in [0.25, 0.3) is 5.91 Å². The van der Waals surface area contributed by atoms with Gasteiger partial charge in [-0.15, -0.1) is 0 Å². The normalized spacial score (nSPS) is 21.5. The number of benzene rings is 1. The van der Waals surface area contributed by atoms with Gasteiger partial charge in [0, 0.05) is 18.1 Å². The Labute approximate surface area is 153 Å². The number of anilines is 2. The van der Waals surface area contributed by atoms with Crippen LogP contribution in [0.1, 0.15) is 48.9 Å². The van der Waals surface area contributed by atoms with E-state index in [0.717, 1.165) is 24.9 Å². The Balaban J connectivity index is 1.33. The second-order valence-corrected chi connectivity index (χ2v) is 7.22. The van der Waals surface area contributed by atoms with E-state index in [0.29, 0.717) is 18.1 Å². The first-order valence-electron chi connectivity index (χ1n) is 9.31. The maximum Gasteiger partial charge on any atom is 0.254 e. The molecule has 136 valence electrons. The van der Waals surface area contributed by atoms with Crippen molar-refractivity contribution in [3.63, 3.8) is 0 Å². The largest absolute Gasteiger partial charge is 0.373 e. The molecule has 1 amide bonds. The second kappa shape index (κ2) is 7.41. The second-order valence-electron chi connectivity index (χ2n) is 7.22. The first-order valence-corrected chi connectivity index (χ1v) is 9.31. The average Bonchev–Trinajstić information content (AvgIpc) is 3.05. The molecule has 1 spiro atoms. The van der Waals surface area contributed by atoms with E-state index in [-0.39, 0.29) is 17.6 Å². The molecule has 0 bridgehead atoms. The number of aromatic nitrogens is 2. The predicted octanol–water partition coefficient (Wildman–Crippen LogP) is 3.44. The molecule has 2 fully saturated rings. The summed E-state index contributed by atoms with van der Waals surface area (Å²) in [4.78, 5) is 21.0. The molecular formula is C20H24N4O2. The van der Waals surface area contributed by atoms with Crippen LogP contribution in [0.2, 0.25) is 0 Å². The van der Waals surface area contributed by atoms with Gasteiger partial charge in [-0.25, -0.2) is 9.97 Å². The Morgan fingerprint density at radius 2 is 1.81 bits per heavy atom. The number of hydrogen-bond donors (Lipinski definition) is 2. The summed E-state index contributed by atoms with van der Waals surface area (Å²) in [5.74, 6) is 0.329. The van der Waals surface area contributed by atoms with Crippen molar-refractivity contribution in [1.29, 1.82) is 0 Å². The molecule has 1 saturated carbocycles. The average molecular weight is 352 g/mol. The smallest absolute Gasteiger partial charge is 0.254 e. The number of carbonyl (C=O) groups excluding carboxylic acids is 1. The van der Waals surface area contributed by atoms with Crippen LogP contribution in [-0.4, -0.2) is 34.1 Å². The molecule has 1 aromatic heterocycles. The number of carbonyl (C=O) groups is 1. The number of para-hydroxylation sites is 1. The molecule has 4 rings (SSSR count). The topological polar surface area (TPSA) is 76.1 Å². The third kappa shape index (κ3) is 3.85. The van der Waals surface area contributed by atoms with E-state index in [2.05, 4.69) is 20.6 Å². The highest BCUT2D eigenvalue weighted by Crippen LogP contribution is 2.39. The molecule has 1 aliphatic heterocycles. The lowest BCUT2D eigenvalue weighted by Crippen LogP contribution is -2.37. The minimum Gasteiger partial charge on any atom is -0.373 e. The maximum absolute atomic E-state index is 12.5. The van der Waals surface area contributed by atoms with Crippen LogP contribution in [0, 0.1) is 0 Å². The Hall–Kier alpha value is -2.47. The summed E-state index contributed by atoms with van der Waals surface area (Å²) in [5.41, 5.74) is 1.37. The third-order valence-electron chi connectivity index (χ3n) is 5.25. The van der Waals surface area contributed by atoms with Gasteiger partial charge in [0.05, 0.1) is 23.8 Å². The van der Waals surface area contributed by atoms with Crippen LogP contribution in [0.4, 0.5) is 11.6 Å². The standard InChI is InChI=1S/C20H24N4O2/c25-18(23-17-11-20(26-14-17)9-5-2-6-10-20)15-12-21-19(22-13-15)24-16-7-3-1-4-8-16/h1,3-4,7-8,12-13,17H,2,5-6,9-11,14H2,(H,23,25)(H,21,22,24)/t17-/m0/s1. The minimum absolute atomic E-state index is 0.00381. The van der Waals surface area contributed by atoms with E-state index in [1.807, 2.05) is 30.3 Å². The van der Waals surface area contributed by atoms with Crippen molar-refractivity contribution in [1.82, 2.24) is 15.3 Å². The Morgan fingerprint density at radius 3 is 2.54 bits per heavy atom. The van der Waals surface area contributed by atoms with Crippen LogP contribution in [0.5, 0.6) is 0 Å². The van der Waals surface area contributed by atoms with Gasteiger partial charge in [-0.1, -0.05) is 37.5 Å². The van der Waals surface area contributed by atoms with Crippen molar-refractivity contribution in [2.45, 2.75) is 50.2 Å². The molecule has 2 heterocycles. The van der Waals surface area contributed by atoms with Gasteiger partial charge in [0.15, 0.2) is 0 Å². The van der Waals surface area contributed by atoms with Crippen LogP contribution in [-0.2, 0) is 4.74 Å². The van der Waals surface area contributed by atoms with E-state index in [1.165, 1.54) is 19.3 Å². The van der Waals surface area contributed by atoms with Gasteiger partial charge in [0.2, 0.25) is 5.95 Å². The summed E-state index contributed by atoms with van der Waals surface area (Å²) in [6.45, 7) is 0.597. The van der Waals surface area contributed by atoms with E-state index < -0.39 is 0 Å². The van der Waals surface area contributed by atoms with Gasteiger partial charge < -0.3 is 15.4 Å². The molecule has 1 aromatic carbocycles. The summed E-state index contributed by atoms with van der Waals surface area (Å²) in [6, 6.07) is 9.77. The van der Waals surface area contributed by atoms with Gasteiger partial charge >= 0.3 is 0 Å². The van der Waals surface area contributed by atoms with Crippen LogP contribution < -0.4 is 10.6 Å². The lowest BCUT2D eigenvalue weighted by Gasteiger charge is -2.32. The molecule has 1 atom stereocenters. The summed E-state index contributed by atoms with van der Waals surface area (Å²) < 4.78 is 6.06. The monoisotopic (exact) mass is 352 g/mol. The highest BCUT2D eigenvalue weighted by Gasteiger charge is 2.41. The van der Waals surface area contributed by atoms with Crippen molar-refractivity contribution in [3.05, 3.63) is 48.3 Å². The van der Waals surface area contributed by atoms with E-state index >= 15 is 0 Å². The molecule has 0 radical (unpaired) electrons. The first kappa shape index (κ1) is 17.0. The zero-order chi connectivity index (χ0) is 17.8. The Kier molecular flexibility index (Phi) is 4.84. The minimum atomic E-state index is -0.141. The van der Waals surface area contributed by atoms with E-state index in [1.54, 1.807) is 12.4 Å². The van der Waals surface area contributed by atoms with Gasteiger partial charge in [-0.3, -0.25) is 4.79 Å². The highest BCUT2D eigenvalue weighted by atomic mass is 16.5. The van der Waals surface area contributed by atoms with Crippen LogP contribution in [0.15, 0.2) is 42.7 Å². The van der Waals surface area contributed by atoms with E-state index in [9.17, 15) is 4.79 Å². The number of nitrogens with zero attached hydrogens (tertiary/aromatic N) is 2. The predicted molar refractivity (Wildman–Crippen MR) is 99.4 cm³/mol. The molecule has 26 heavy (non-hydrogen) atoms. The summed E-state index contributed by atoms with van der Waals surface area (Å²) in [6.07, 6.45) is 10.00. The lowest BCUT2D eigenvalue weighted by atomic mass is 9.82. The molecule has 2 aliphatic rings. The number of rotatable bonds is 4. The molecule has 6 nitrogen and oxygen atoms in total. The molecule has 1 aliphatic carbocycles. The fourth-order valence-electron chi connectivity index (χ4n) is 3.91. The van der Waals surface area contributed by atoms with Crippen molar-refractivity contribution in [2.75, 3.05) is 11.9 Å². The van der Waals surface area contributed by atoms with Crippen molar-refractivity contribution >= 4 is 17.5 Å². The van der Waals surface area contributed by atoms with Gasteiger partial charge in [0.1, 0.15) is 0 Å². The fourth-order valence-corrected chi connectivity index (χ4v) is 3.91. The number of amides is 1. The molecule has 1 saturated heterocycles. The lowest BCUT2D eigenvalue weighted by molar-refractivity contribution is -0.0246. The molecule has 6 heteroatoms. The maximum atomic E-state index is 12.5. The summed E-state index contributed by atoms with van der Waals surface area (Å²) in [7, 11) is 0. The SMILES string of the molecule is O=C(N[C@@H]1COC2(CCCCC2)C1)c1cnc(Nc2ccccc2)nc1. The van der Waals surface area contributed by atoms with Crippen LogP contribution in [0.25, 0.3) is 0 Å². The van der Waals surface area contributed by atoms with Crippen molar-refractivity contribution in [3.8, 4) is 0 Å². The third-order valence-corrected chi connectivity index (χ3v) is 5.25. The molecule has 2 aromatic rings. The van der Waals surface area contributed by atoms with Crippen molar-refractivity contribution in [2.24, 2.45) is 0 Å². The quantitative estimate of drug-likeness (QED) is 0.881. The van der Waals surface area contributed by atoms with Crippen LogP contribution in [0.3, 0.4) is 0 Å². The molecular weight excluding hydrogens is 328 g/mol.